The molecular weight excluding hydrogens is 431 g/mol. The summed E-state index contributed by atoms with van der Waals surface area (Å²) in [5, 5.41) is 5.67. The molecule has 1 aliphatic heterocycles. The number of nitrogens with zero attached hydrogens (tertiary/aromatic N) is 4. The zero-order valence-electron chi connectivity index (χ0n) is 17.8. The van der Waals surface area contributed by atoms with Crippen LogP contribution in [0.3, 0.4) is 0 Å². The standard InChI is InChI=1S/C24H26Cl2N4O/c1-17(2)20-14-27-30(16-20)24(31)29-11-9-28(10-12-29)15-19-5-8-22(26)13-23(19)18-3-6-21(25)7-4-18/h3-8,13-14,16-17H,9-12,15H2,1-2H3. The highest BCUT2D eigenvalue weighted by Crippen LogP contribution is 2.29. The van der Waals surface area contributed by atoms with Gasteiger partial charge in [0.15, 0.2) is 0 Å². The number of halogens is 2. The minimum absolute atomic E-state index is 0.0557. The first kappa shape index (κ1) is 21.9. The van der Waals surface area contributed by atoms with Crippen molar-refractivity contribution in [1.29, 1.82) is 0 Å². The second kappa shape index (κ2) is 9.43. The Morgan fingerprint density at radius 2 is 1.68 bits per heavy atom. The number of hydrogen-bond donors (Lipinski definition) is 0. The van der Waals surface area contributed by atoms with Crippen LogP contribution in [-0.4, -0.2) is 51.8 Å². The van der Waals surface area contributed by atoms with E-state index in [0.717, 1.165) is 36.3 Å². The summed E-state index contributed by atoms with van der Waals surface area (Å²) in [6.45, 7) is 7.98. The van der Waals surface area contributed by atoms with Crippen LogP contribution in [0.2, 0.25) is 10.0 Å². The van der Waals surface area contributed by atoms with Crippen molar-refractivity contribution in [3.63, 3.8) is 0 Å². The molecule has 0 N–H and O–H groups in total. The Morgan fingerprint density at radius 3 is 2.32 bits per heavy atom. The van der Waals surface area contributed by atoms with E-state index >= 15 is 0 Å². The molecule has 31 heavy (non-hydrogen) atoms. The fourth-order valence-corrected chi connectivity index (χ4v) is 4.11. The molecule has 0 radical (unpaired) electrons. The van der Waals surface area contributed by atoms with Crippen LogP contribution in [0.5, 0.6) is 0 Å². The summed E-state index contributed by atoms with van der Waals surface area (Å²) < 4.78 is 1.46. The van der Waals surface area contributed by atoms with Gasteiger partial charge >= 0.3 is 6.03 Å². The summed E-state index contributed by atoms with van der Waals surface area (Å²) >= 11 is 12.3. The van der Waals surface area contributed by atoms with Gasteiger partial charge < -0.3 is 4.90 Å². The van der Waals surface area contributed by atoms with E-state index in [9.17, 15) is 4.79 Å². The maximum absolute atomic E-state index is 12.8. The van der Waals surface area contributed by atoms with Crippen molar-refractivity contribution in [3.8, 4) is 11.1 Å². The first-order valence-corrected chi connectivity index (χ1v) is 11.3. The Kier molecular flexibility index (Phi) is 6.65. The van der Waals surface area contributed by atoms with Gasteiger partial charge in [0.25, 0.3) is 0 Å². The van der Waals surface area contributed by atoms with Crippen molar-refractivity contribution in [2.24, 2.45) is 0 Å². The van der Waals surface area contributed by atoms with Crippen LogP contribution in [0, 0.1) is 0 Å². The quantitative estimate of drug-likeness (QED) is 0.500. The molecule has 0 bridgehead atoms. The topological polar surface area (TPSA) is 41.4 Å². The molecule has 2 aromatic carbocycles. The van der Waals surface area contributed by atoms with Gasteiger partial charge in [-0.25, -0.2) is 4.79 Å². The Labute approximate surface area is 193 Å². The van der Waals surface area contributed by atoms with E-state index in [1.807, 2.05) is 47.5 Å². The smallest absolute Gasteiger partial charge is 0.320 e. The molecule has 0 unspecified atom stereocenters. The lowest BCUT2D eigenvalue weighted by atomic mass is 9.99. The molecule has 0 spiro atoms. The second-order valence-corrected chi connectivity index (χ2v) is 9.10. The van der Waals surface area contributed by atoms with Crippen molar-refractivity contribution in [2.75, 3.05) is 26.2 Å². The van der Waals surface area contributed by atoms with E-state index < -0.39 is 0 Å². The number of carbonyl (C=O) groups excluding carboxylic acids is 1. The van der Waals surface area contributed by atoms with Crippen molar-refractivity contribution >= 4 is 29.2 Å². The number of aromatic nitrogens is 2. The molecule has 3 aromatic rings. The maximum atomic E-state index is 12.8. The number of amides is 1. The van der Waals surface area contributed by atoms with Crippen molar-refractivity contribution in [2.45, 2.75) is 26.3 Å². The number of piperazine rings is 1. The normalized spacial score (nSPS) is 14.9. The minimum atomic E-state index is -0.0557. The zero-order chi connectivity index (χ0) is 22.0. The highest BCUT2D eigenvalue weighted by molar-refractivity contribution is 6.31. The highest BCUT2D eigenvalue weighted by Gasteiger charge is 2.23. The van der Waals surface area contributed by atoms with Crippen LogP contribution in [-0.2, 0) is 6.54 Å². The number of rotatable bonds is 4. The molecule has 5 nitrogen and oxygen atoms in total. The lowest BCUT2D eigenvalue weighted by Crippen LogP contribution is -2.49. The average molecular weight is 457 g/mol. The Balaban J connectivity index is 1.42. The fourth-order valence-electron chi connectivity index (χ4n) is 3.81. The second-order valence-electron chi connectivity index (χ2n) is 8.23. The third-order valence-corrected chi connectivity index (χ3v) is 6.22. The zero-order valence-corrected chi connectivity index (χ0v) is 19.3. The highest BCUT2D eigenvalue weighted by atomic mass is 35.5. The van der Waals surface area contributed by atoms with Gasteiger partial charge in [0.1, 0.15) is 0 Å². The Morgan fingerprint density at radius 1 is 1.00 bits per heavy atom. The molecular formula is C24H26Cl2N4O. The summed E-state index contributed by atoms with van der Waals surface area (Å²) in [7, 11) is 0. The molecule has 0 saturated carbocycles. The largest absolute Gasteiger partial charge is 0.344 e. The summed E-state index contributed by atoms with van der Waals surface area (Å²) in [5.74, 6) is 0.354. The monoisotopic (exact) mass is 456 g/mol. The van der Waals surface area contributed by atoms with Gasteiger partial charge in [-0.05, 0) is 52.4 Å². The third kappa shape index (κ3) is 5.12. The van der Waals surface area contributed by atoms with Gasteiger partial charge in [-0.1, -0.05) is 55.2 Å². The molecule has 4 rings (SSSR count). The summed E-state index contributed by atoms with van der Waals surface area (Å²) in [6, 6.07) is 13.8. The van der Waals surface area contributed by atoms with Gasteiger partial charge in [-0.3, -0.25) is 4.90 Å². The summed E-state index contributed by atoms with van der Waals surface area (Å²) in [5.41, 5.74) is 4.49. The molecule has 0 aliphatic carbocycles. The first-order chi connectivity index (χ1) is 14.9. The first-order valence-electron chi connectivity index (χ1n) is 10.5. The molecule has 1 aliphatic rings. The molecule has 162 valence electrons. The lowest BCUT2D eigenvalue weighted by Gasteiger charge is -2.34. The van der Waals surface area contributed by atoms with Crippen LogP contribution >= 0.6 is 23.2 Å². The van der Waals surface area contributed by atoms with Gasteiger partial charge in [0, 0.05) is 49.0 Å². The van der Waals surface area contributed by atoms with Gasteiger partial charge in [-0.2, -0.15) is 9.78 Å². The van der Waals surface area contributed by atoms with Crippen molar-refractivity contribution in [3.05, 3.63) is 76.0 Å². The van der Waals surface area contributed by atoms with E-state index in [1.165, 1.54) is 10.2 Å². The number of carbonyl (C=O) groups is 1. The predicted molar refractivity (Wildman–Crippen MR) is 126 cm³/mol. The van der Waals surface area contributed by atoms with E-state index in [4.69, 9.17) is 23.2 Å². The van der Waals surface area contributed by atoms with Crippen LogP contribution in [0.1, 0.15) is 30.9 Å². The maximum Gasteiger partial charge on any atom is 0.344 e. The van der Waals surface area contributed by atoms with Crippen molar-refractivity contribution < 1.29 is 4.79 Å². The molecule has 1 saturated heterocycles. The van der Waals surface area contributed by atoms with Gasteiger partial charge in [0.2, 0.25) is 0 Å². The summed E-state index contributed by atoms with van der Waals surface area (Å²) in [6.07, 6.45) is 3.61. The fraction of sp³-hybridized carbons (Fsp3) is 0.333. The average Bonchev–Trinajstić information content (AvgIpc) is 3.26. The van der Waals surface area contributed by atoms with E-state index in [0.29, 0.717) is 29.1 Å². The molecule has 0 atom stereocenters. The van der Waals surface area contributed by atoms with E-state index in [2.05, 4.69) is 29.9 Å². The molecule has 2 heterocycles. The SMILES string of the molecule is CC(C)c1cnn(C(=O)N2CCN(Cc3ccc(Cl)cc3-c3ccc(Cl)cc3)CC2)c1. The molecule has 7 heteroatoms. The molecule has 1 aromatic heterocycles. The number of hydrogen-bond acceptors (Lipinski definition) is 3. The Bertz CT molecular complexity index is 1050. The Hall–Kier alpha value is -2.34. The minimum Gasteiger partial charge on any atom is -0.320 e. The van der Waals surface area contributed by atoms with Crippen LogP contribution < -0.4 is 0 Å². The molecule has 1 fully saturated rings. The van der Waals surface area contributed by atoms with Crippen LogP contribution in [0.25, 0.3) is 11.1 Å². The number of benzene rings is 2. The van der Waals surface area contributed by atoms with Gasteiger partial charge in [0.05, 0.1) is 6.20 Å². The summed E-state index contributed by atoms with van der Waals surface area (Å²) in [4.78, 5) is 17.0. The van der Waals surface area contributed by atoms with Gasteiger partial charge in [-0.15, -0.1) is 0 Å². The van der Waals surface area contributed by atoms with Crippen LogP contribution in [0.15, 0.2) is 54.9 Å². The predicted octanol–water partition coefficient (Wildman–Crippen LogP) is 5.77. The van der Waals surface area contributed by atoms with Crippen molar-refractivity contribution in [1.82, 2.24) is 19.6 Å². The van der Waals surface area contributed by atoms with Crippen LogP contribution in [0.4, 0.5) is 4.79 Å². The van der Waals surface area contributed by atoms with E-state index in [-0.39, 0.29) is 6.03 Å². The lowest BCUT2D eigenvalue weighted by molar-refractivity contribution is 0.134. The third-order valence-electron chi connectivity index (χ3n) is 5.73. The van der Waals surface area contributed by atoms with E-state index in [1.54, 1.807) is 6.20 Å². The molecule has 1 amide bonds.